The monoisotopic (exact) mass is 167 g/mol. The third kappa shape index (κ3) is 5.37. The zero-order valence-corrected chi connectivity index (χ0v) is 7.10. The Morgan fingerprint density at radius 3 is 2.75 bits per heavy atom. The second kappa shape index (κ2) is 7.68. The molecule has 0 saturated carbocycles. The van der Waals surface area contributed by atoms with Gasteiger partial charge in [0.2, 0.25) is 0 Å². The summed E-state index contributed by atoms with van der Waals surface area (Å²) in [6.45, 7) is 3.73. The third-order valence-corrected chi connectivity index (χ3v) is 1.02. The summed E-state index contributed by atoms with van der Waals surface area (Å²) in [4.78, 5) is 0. The molecule has 0 bridgehead atoms. The zero-order chi connectivity index (χ0) is 9.23. The number of hydrogen-bond acceptors (Lipinski definition) is 4. The Kier molecular flexibility index (Phi) is 6.78. The normalized spacial score (nSPS) is 10.8. The van der Waals surface area contributed by atoms with Crippen LogP contribution in [0.1, 0.15) is 0 Å². The van der Waals surface area contributed by atoms with E-state index in [0.717, 1.165) is 0 Å². The van der Waals surface area contributed by atoms with Gasteiger partial charge >= 0.3 is 0 Å². The molecule has 0 radical (unpaired) electrons. The van der Waals surface area contributed by atoms with Crippen LogP contribution in [0.5, 0.6) is 0 Å². The van der Waals surface area contributed by atoms with Crippen LogP contribution in [0.15, 0.2) is 29.5 Å². The summed E-state index contributed by atoms with van der Waals surface area (Å²) in [5.41, 5.74) is 0. The first-order chi connectivity index (χ1) is 5.85. The Morgan fingerprint density at radius 1 is 1.50 bits per heavy atom. The number of rotatable bonds is 6. The lowest BCUT2D eigenvalue weighted by atomic mass is 10.5. The lowest BCUT2D eigenvalue weighted by molar-refractivity contribution is 0.0989. The van der Waals surface area contributed by atoms with Crippen LogP contribution in [0.2, 0.25) is 0 Å². The van der Waals surface area contributed by atoms with Gasteiger partial charge in [0.05, 0.1) is 0 Å². The molecule has 0 aliphatic heterocycles. The van der Waals surface area contributed by atoms with Crippen molar-refractivity contribution in [1.82, 2.24) is 5.01 Å². The maximum Gasteiger partial charge on any atom is 0.138 e. The van der Waals surface area contributed by atoms with Crippen molar-refractivity contribution >= 4 is 12.9 Å². The standard InChI is InChI=1S/C8H13N3O/c1-10-11(8-12-2)7-5-3-4-6-9/h3-7,9H,1,8H2,2H3/b4-3-,7-5+,9-6?. The molecule has 0 aliphatic carbocycles. The zero-order valence-electron chi connectivity index (χ0n) is 7.10. The Morgan fingerprint density at radius 2 is 2.25 bits per heavy atom. The van der Waals surface area contributed by atoms with Gasteiger partial charge in [-0.15, -0.1) is 0 Å². The number of ether oxygens (including phenoxy) is 1. The second-order valence-corrected chi connectivity index (χ2v) is 1.89. The van der Waals surface area contributed by atoms with Crippen molar-refractivity contribution in [2.75, 3.05) is 13.8 Å². The molecular weight excluding hydrogens is 154 g/mol. The van der Waals surface area contributed by atoms with Crippen LogP contribution in [0.25, 0.3) is 0 Å². The Balaban J connectivity index is 3.82. The van der Waals surface area contributed by atoms with Crippen LogP contribution >= 0.6 is 0 Å². The number of nitrogens with one attached hydrogen (secondary N) is 1. The minimum absolute atomic E-state index is 0.373. The summed E-state index contributed by atoms with van der Waals surface area (Å²) in [6.07, 6.45) is 7.98. The lowest BCUT2D eigenvalue weighted by Gasteiger charge is -2.10. The summed E-state index contributed by atoms with van der Waals surface area (Å²) in [5.74, 6) is 0. The van der Waals surface area contributed by atoms with E-state index in [1.54, 1.807) is 31.5 Å². The van der Waals surface area contributed by atoms with Gasteiger partial charge in [-0.25, -0.2) is 5.01 Å². The maximum absolute atomic E-state index is 6.69. The van der Waals surface area contributed by atoms with E-state index < -0.39 is 0 Å². The molecular formula is C8H13N3O. The van der Waals surface area contributed by atoms with Crippen molar-refractivity contribution in [1.29, 1.82) is 5.41 Å². The van der Waals surface area contributed by atoms with Crippen LogP contribution < -0.4 is 0 Å². The molecule has 0 saturated heterocycles. The quantitative estimate of drug-likeness (QED) is 0.280. The van der Waals surface area contributed by atoms with Gasteiger partial charge in [-0.2, -0.15) is 5.10 Å². The summed E-state index contributed by atoms with van der Waals surface area (Å²) in [6, 6.07) is 0. The van der Waals surface area contributed by atoms with E-state index in [4.69, 9.17) is 10.1 Å². The van der Waals surface area contributed by atoms with Gasteiger partial charge in [-0.1, -0.05) is 6.08 Å². The summed E-state index contributed by atoms with van der Waals surface area (Å²) < 4.78 is 4.82. The van der Waals surface area contributed by atoms with E-state index in [1.807, 2.05) is 0 Å². The maximum atomic E-state index is 6.69. The van der Waals surface area contributed by atoms with Crippen molar-refractivity contribution in [2.24, 2.45) is 5.10 Å². The van der Waals surface area contributed by atoms with Crippen LogP contribution in [0.3, 0.4) is 0 Å². The number of hydrazone groups is 1. The van der Waals surface area contributed by atoms with Gasteiger partial charge in [0.15, 0.2) is 0 Å². The highest BCUT2D eigenvalue weighted by molar-refractivity contribution is 5.68. The molecule has 66 valence electrons. The average Bonchev–Trinajstić information content (AvgIpc) is 2.10. The predicted octanol–water partition coefficient (Wildman–Crippen LogP) is 1.23. The first-order valence-electron chi connectivity index (χ1n) is 3.41. The molecule has 0 fully saturated rings. The van der Waals surface area contributed by atoms with Gasteiger partial charge in [0.1, 0.15) is 6.73 Å². The molecule has 0 aromatic rings. The van der Waals surface area contributed by atoms with E-state index in [0.29, 0.717) is 6.73 Å². The van der Waals surface area contributed by atoms with Crippen molar-refractivity contribution in [2.45, 2.75) is 0 Å². The van der Waals surface area contributed by atoms with Crippen molar-refractivity contribution < 1.29 is 4.74 Å². The SMILES string of the molecule is C=NN(/C=C/C=C\C=N)COC. The van der Waals surface area contributed by atoms with E-state index in [9.17, 15) is 0 Å². The topological polar surface area (TPSA) is 48.7 Å². The van der Waals surface area contributed by atoms with E-state index in [2.05, 4.69) is 11.8 Å². The van der Waals surface area contributed by atoms with E-state index in [1.165, 1.54) is 11.2 Å². The summed E-state index contributed by atoms with van der Waals surface area (Å²) in [7, 11) is 1.58. The fraction of sp³-hybridized carbons (Fsp3) is 0.250. The smallest absolute Gasteiger partial charge is 0.138 e. The molecule has 12 heavy (non-hydrogen) atoms. The first-order valence-corrected chi connectivity index (χ1v) is 3.41. The molecule has 0 aliphatic rings. The fourth-order valence-corrected chi connectivity index (χ4v) is 0.532. The molecule has 0 spiro atoms. The Labute approximate surface area is 72.3 Å². The average molecular weight is 167 g/mol. The minimum Gasteiger partial charge on any atom is -0.362 e. The Hall–Kier alpha value is -1.42. The molecule has 0 aromatic heterocycles. The van der Waals surface area contributed by atoms with Crippen LogP contribution in [0.4, 0.5) is 0 Å². The molecule has 4 heteroatoms. The Bertz CT molecular complexity index is 187. The second-order valence-electron chi connectivity index (χ2n) is 1.89. The molecule has 0 amide bonds. The fourth-order valence-electron chi connectivity index (χ4n) is 0.532. The summed E-state index contributed by atoms with van der Waals surface area (Å²) in [5, 5.41) is 11.9. The highest BCUT2D eigenvalue weighted by atomic mass is 16.5. The molecule has 1 N–H and O–H groups in total. The van der Waals surface area contributed by atoms with E-state index >= 15 is 0 Å². The molecule has 0 atom stereocenters. The van der Waals surface area contributed by atoms with Crippen LogP contribution in [0, 0.1) is 5.41 Å². The van der Waals surface area contributed by atoms with Crippen molar-refractivity contribution in [3.63, 3.8) is 0 Å². The van der Waals surface area contributed by atoms with Gasteiger partial charge in [0, 0.05) is 26.2 Å². The molecule has 0 rings (SSSR count). The molecule has 4 nitrogen and oxygen atoms in total. The first kappa shape index (κ1) is 10.6. The molecule has 0 unspecified atom stereocenters. The lowest BCUT2D eigenvalue weighted by Crippen LogP contribution is -2.11. The van der Waals surface area contributed by atoms with Crippen LogP contribution in [-0.2, 0) is 4.74 Å². The predicted molar refractivity (Wildman–Crippen MR) is 50.3 cm³/mol. The van der Waals surface area contributed by atoms with Crippen molar-refractivity contribution in [3.05, 3.63) is 24.4 Å². The minimum atomic E-state index is 0.373. The highest BCUT2D eigenvalue weighted by Gasteiger charge is 1.88. The third-order valence-electron chi connectivity index (χ3n) is 1.02. The number of hydrogen-bond donors (Lipinski definition) is 1. The summed E-state index contributed by atoms with van der Waals surface area (Å²) >= 11 is 0. The largest absolute Gasteiger partial charge is 0.362 e. The van der Waals surface area contributed by atoms with Crippen LogP contribution in [-0.4, -0.2) is 31.8 Å². The van der Waals surface area contributed by atoms with Gasteiger partial charge in [-0.05, 0) is 12.2 Å². The van der Waals surface area contributed by atoms with Gasteiger partial charge in [0.25, 0.3) is 0 Å². The highest BCUT2D eigenvalue weighted by Crippen LogP contribution is 1.89. The van der Waals surface area contributed by atoms with Gasteiger partial charge < -0.3 is 10.1 Å². The molecule has 0 aromatic carbocycles. The number of nitrogens with zero attached hydrogens (tertiary/aromatic N) is 2. The van der Waals surface area contributed by atoms with Gasteiger partial charge in [-0.3, -0.25) is 0 Å². The van der Waals surface area contributed by atoms with E-state index in [-0.39, 0.29) is 0 Å². The molecule has 0 heterocycles. The number of allylic oxidation sites excluding steroid dienone is 3. The van der Waals surface area contributed by atoms with Crippen molar-refractivity contribution in [3.8, 4) is 0 Å². The number of methoxy groups -OCH3 is 1.